The van der Waals surface area contributed by atoms with Crippen LogP contribution in [0.3, 0.4) is 0 Å². The second-order valence-corrected chi connectivity index (χ2v) is 4.22. The van der Waals surface area contributed by atoms with Crippen LogP contribution < -0.4 is 5.32 Å². The number of aromatic nitrogens is 2. The third kappa shape index (κ3) is 2.96. The van der Waals surface area contributed by atoms with E-state index in [1.165, 1.54) is 25.3 Å². The van der Waals surface area contributed by atoms with Crippen LogP contribution in [0.5, 0.6) is 0 Å². The molecule has 0 saturated carbocycles. The number of aryl methyl sites for hydroxylation is 1. The van der Waals surface area contributed by atoms with Gasteiger partial charge in [0, 0.05) is 6.07 Å². The zero-order valence-electron chi connectivity index (χ0n) is 11.3. The molecule has 0 aliphatic carbocycles. The van der Waals surface area contributed by atoms with Crippen LogP contribution in [0.2, 0.25) is 0 Å². The molecule has 0 aliphatic rings. The average Bonchev–Trinajstić information content (AvgIpc) is 2.47. The quantitative estimate of drug-likeness (QED) is 0.644. The number of nitrogens with one attached hydrogen (secondary N) is 1. The Morgan fingerprint density at radius 1 is 1.50 bits per heavy atom. The number of nitro groups is 1. The Morgan fingerprint density at radius 2 is 2.23 bits per heavy atom. The Morgan fingerprint density at radius 3 is 2.73 bits per heavy atom. The molecular formula is C13H9N5O4. The summed E-state index contributed by atoms with van der Waals surface area (Å²) in [6, 6.07) is 5.75. The van der Waals surface area contributed by atoms with Gasteiger partial charge in [-0.15, -0.1) is 0 Å². The van der Waals surface area contributed by atoms with Crippen LogP contribution in [0.15, 0.2) is 24.4 Å². The van der Waals surface area contributed by atoms with Gasteiger partial charge in [0.1, 0.15) is 11.8 Å². The average molecular weight is 299 g/mol. The van der Waals surface area contributed by atoms with Gasteiger partial charge in [-0.25, -0.2) is 14.8 Å². The van der Waals surface area contributed by atoms with E-state index in [2.05, 4.69) is 15.3 Å². The first-order chi connectivity index (χ1) is 10.4. The summed E-state index contributed by atoms with van der Waals surface area (Å²) in [6.07, 6.45) is 1.32. The van der Waals surface area contributed by atoms with E-state index in [4.69, 9.17) is 10.4 Å². The summed E-state index contributed by atoms with van der Waals surface area (Å²) in [4.78, 5) is 29.1. The molecule has 0 unspecified atom stereocenters. The summed E-state index contributed by atoms with van der Waals surface area (Å²) in [5, 5.41) is 31.4. The number of carboxylic acid groups (broad SMARTS) is 1. The first kappa shape index (κ1) is 14.9. The highest BCUT2D eigenvalue weighted by molar-refractivity contribution is 5.90. The number of nitriles is 1. The third-order valence-corrected chi connectivity index (χ3v) is 2.76. The van der Waals surface area contributed by atoms with Gasteiger partial charge in [0.25, 0.3) is 0 Å². The topological polar surface area (TPSA) is 142 Å². The van der Waals surface area contributed by atoms with E-state index < -0.39 is 16.6 Å². The lowest BCUT2D eigenvalue weighted by atomic mass is 10.2. The standard InChI is InChI=1S/C13H9N5O4/c1-7-10(13(19)20)4-11(18(21)22)12(16-7)17-9-3-2-8(5-14)15-6-9/h2-4,6H,1H3,(H,16,17)(H,19,20). The molecule has 0 radical (unpaired) electrons. The molecule has 0 saturated heterocycles. The predicted molar refractivity (Wildman–Crippen MR) is 74.8 cm³/mol. The van der Waals surface area contributed by atoms with Crippen LogP contribution in [-0.2, 0) is 0 Å². The van der Waals surface area contributed by atoms with E-state index in [1.807, 2.05) is 6.07 Å². The van der Waals surface area contributed by atoms with E-state index in [9.17, 15) is 14.9 Å². The van der Waals surface area contributed by atoms with Gasteiger partial charge < -0.3 is 10.4 Å². The number of pyridine rings is 2. The fourth-order valence-electron chi connectivity index (χ4n) is 1.71. The molecular weight excluding hydrogens is 290 g/mol. The van der Waals surface area contributed by atoms with Crippen molar-refractivity contribution in [3.05, 3.63) is 51.5 Å². The first-order valence-corrected chi connectivity index (χ1v) is 5.95. The maximum absolute atomic E-state index is 11.1. The fraction of sp³-hybridized carbons (Fsp3) is 0.0769. The van der Waals surface area contributed by atoms with Crippen LogP contribution in [0.1, 0.15) is 21.7 Å². The molecule has 2 rings (SSSR count). The van der Waals surface area contributed by atoms with Crippen molar-refractivity contribution in [2.45, 2.75) is 6.92 Å². The van der Waals surface area contributed by atoms with E-state index in [0.29, 0.717) is 5.69 Å². The van der Waals surface area contributed by atoms with E-state index in [1.54, 1.807) is 0 Å². The second-order valence-electron chi connectivity index (χ2n) is 4.22. The Kier molecular flexibility index (Phi) is 3.94. The van der Waals surface area contributed by atoms with Crippen molar-refractivity contribution in [1.82, 2.24) is 9.97 Å². The Bertz CT molecular complexity index is 795. The largest absolute Gasteiger partial charge is 0.478 e. The van der Waals surface area contributed by atoms with Crippen molar-refractivity contribution in [3.63, 3.8) is 0 Å². The second kappa shape index (κ2) is 5.84. The number of carboxylic acids is 1. The lowest BCUT2D eigenvalue weighted by molar-refractivity contribution is -0.384. The van der Waals surface area contributed by atoms with Crippen molar-refractivity contribution in [2.24, 2.45) is 0 Å². The minimum Gasteiger partial charge on any atom is -0.478 e. The van der Waals surface area contributed by atoms with Crippen LogP contribution in [0.4, 0.5) is 17.2 Å². The van der Waals surface area contributed by atoms with Crippen molar-refractivity contribution in [1.29, 1.82) is 5.26 Å². The van der Waals surface area contributed by atoms with E-state index in [-0.39, 0.29) is 22.8 Å². The SMILES string of the molecule is Cc1nc(Nc2ccc(C#N)nc2)c([N+](=O)[O-])cc1C(=O)O. The molecule has 2 aromatic heterocycles. The van der Waals surface area contributed by atoms with Crippen molar-refractivity contribution < 1.29 is 14.8 Å². The maximum atomic E-state index is 11.1. The monoisotopic (exact) mass is 299 g/mol. The highest BCUT2D eigenvalue weighted by Gasteiger charge is 2.21. The van der Waals surface area contributed by atoms with Crippen LogP contribution in [0, 0.1) is 28.4 Å². The molecule has 0 amide bonds. The minimum absolute atomic E-state index is 0.0981. The minimum atomic E-state index is -1.29. The Hall–Kier alpha value is -3.54. The predicted octanol–water partition coefficient (Wildman–Crippen LogP) is 2.01. The number of carbonyl (C=O) groups is 1. The number of hydrogen-bond acceptors (Lipinski definition) is 7. The summed E-state index contributed by atoms with van der Waals surface area (Å²) >= 11 is 0. The summed E-state index contributed by atoms with van der Waals surface area (Å²) in [5.41, 5.74) is 0.0206. The number of rotatable bonds is 4. The molecule has 2 aromatic rings. The molecule has 0 fully saturated rings. The fourth-order valence-corrected chi connectivity index (χ4v) is 1.71. The van der Waals surface area contributed by atoms with Crippen LogP contribution >= 0.6 is 0 Å². The van der Waals surface area contributed by atoms with Crippen LogP contribution in [0.25, 0.3) is 0 Å². The summed E-state index contributed by atoms with van der Waals surface area (Å²) < 4.78 is 0. The molecule has 110 valence electrons. The maximum Gasteiger partial charge on any atom is 0.337 e. The van der Waals surface area contributed by atoms with Crippen LogP contribution in [-0.4, -0.2) is 26.0 Å². The smallest absolute Gasteiger partial charge is 0.337 e. The summed E-state index contributed by atoms with van der Waals surface area (Å²) in [7, 11) is 0. The van der Waals surface area contributed by atoms with Gasteiger partial charge >= 0.3 is 11.7 Å². The van der Waals surface area contributed by atoms with Crippen molar-refractivity contribution >= 4 is 23.2 Å². The molecule has 0 aromatic carbocycles. The molecule has 22 heavy (non-hydrogen) atoms. The zero-order chi connectivity index (χ0) is 16.3. The number of hydrogen-bond donors (Lipinski definition) is 2. The third-order valence-electron chi connectivity index (χ3n) is 2.76. The molecule has 0 spiro atoms. The normalized spacial score (nSPS) is 9.82. The number of nitrogens with zero attached hydrogens (tertiary/aromatic N) is 4. The molecule has 0 aliphatic heterocycles. The van der Waals surface area contributed by atoms with Gasteiger partial charge in [-0.1, -0.05) is 0 Å². The summed E-state index contributed by atoms with van der Waals surface area (Å²) in [5.74, 6) is -1.39. The van der Waals surface area contributed by atoms with Crippen molar-refractivity contribution in [3.8, 4) is 6.07 Å². The van der Waals surface area contributed by atoms with E-state index in [0.717, 1.165) is 6.07 Å². The van der Waals surface area contributed by atoms with Gasteiger partial charge in [0.2, 0.25) is 5.82 Å². The van der Waals surface area contributed by atoms with Gasteiger partial charge in [-0.05, 0) is 19.1 Å². The van der Waals surface area contributed by atoms with Gasteiger partial charge in [0.05, 0.1) is 28.1 Å². The highest BCUT2D eigenvalue weighted by Crippen LogP contribution is 2.27. The lowest BCUT2D eigenvalue weighted by Gasteiger charge is -2.08. The van der Waals surface area contributed by atoms with Crippen molar-refractivity contribution in [2.75, 3.05) is 5.32 Å². The number of aromatic carboxylic acids is 1. The molecule has 0 atom stereocenters. The van der Waals surface area contributed by atoms with Gasteiger partial charge in [0.15, 0.2) is 0 Å². The lowest BCUT2D eigenvalue weighted by Crippen LogP contribution is -2.07. The zero-order valence-corrected chi connectivity index (χ0v) is 11.3. The van der Waals surface area contributed by atoms with E-state index >= 15 is 0 Å². The molecule has 2 heterocycles. The molecule has 9 heteroatoms. The first-order valence-electron chi connectivity index (χ1n) is 5.95. The summed E-state index contributed by atoms with van der Waals surface area (Å²) in [6.45, 7) is 1.44. The van der Waals surface area contributed by atoms with Gasteiger partial charge in [-0.2, -0.15) is 5.26 Å². The molecule has 9 nitrogen and oxygen atoms in total. The Labute approximate surface area is 124 Å². The molecule has 0 bridgehead atoms. The highest BCUT2D eigenvalue weighted by atomic mass is 16.6. The molecule has 2 N–H and O–H groups in total. The number of anilines is 2. The Balaban J connectivity index is 2.45. The van der Waals surface area contributed by atoms with Gasteiger partial charge in [-0.3, -0.25) is 10.1 Å².